The number of aromatic hydroxyl groups is 1. The summed E-state index contributed by atoms with van der Waals surface area (Å²) < 4.78 is 5.50. The molecule has 0 amide bonds. The monoisotopic (exact) mass is 258 g/mol. The van der Waals surface area contributed by atoms with Gasteiger partial charge >= 0.3 is 5.97 Å². The van der Waals surface area contributed by atoms with Crippen molar-refractivity contribution in [2.24, 2.45) is 0 Å². The van der Waals surface area contributed by atoms with E-state index in [0.29, 0.717) is 17.9 Å². The molecule has 2 rings (SSSR count). The molecule has 0 fully saturated rings. The van der Waals surface area contributed by atoms with Crippen LogP contribution in [0.3, 0.4) is 0 Å². The van der Waals surface area contributed by atoms with Crippen LogP contribution >= 0.6 is 0 Å². The van der Waals surface area contributed by atoms with Crippen molar-refractivity contribution in [3.8, 4) is 11.5 Å². The van der Waals surface area contributed by atoms with Gasteiger partial charge in [0.1, 0.15) is 6.61 Å². The van der Waals surface area contributed by atoms with Gasteiger partial charge in [-0.3, -0.25) is 4.79 Å². The van der Waals surface area contributed by atoms with Crippen LogP contribution in [0.4, 0.5) is 0 Å². The summed E-state index contributed by atoms with van der Waals surface area (Å²) in [5, 5.41) is 18.4. The highest BCUT2D eigenvalue weighted by Gasteiger charge is 2.07. The maximum atomic E-state index is 10.6. The summed E-state index contributed by atoms with van der Waals surface area (Å²) >= 11 is 0. The van der Waals surface area contributed by atoms with Crippen molar-refractivity contribution in [2.45, 2.75) is 13.0 Å². The third kappa shape index (κ3) is 3.74. The van der Waals surface area contributed by atoms with E-state index >= 15 is 0 Å². The first-order chi connectivity index (χ1) is 9.15. The van der Waals surface area contributed by atoms with Crippen LogP contribution in [0.25, 0.3) is 0 Å². The number of hydrogen-bond acceptors (Lipinski definition) is 3. The molecule has 0 atom stereocenters. The predicted octanol–water partition coefficient (Wildman–Crippen LogP) is 2.60. The maximum Gasteiger partial charge on any atom is 0.307 e. The third-order valence-electron chi connectivity index (χ3n) is 2.62. The van der Waals surface area contributed by atoms with Crippen molar-refractivity contribution in [2.75, 3.05) is 0 Å². The zero-order chi connectivity index (χ0) is 13.7. The van der Waals surface area contributed by atoms with Gasteiger partial charge in [0.05, 0.1) is 6.42 Å². The van der Waals surface area contributed by atoms with E-state index < -0.39 is 5.97 Å². The Labute approximate surface area is 110 Å². The Kier molecular flexibility index (Phi) is 4.03. The Morgan fingerprint density at radius 2 is 1.79 bits per heavy atom. The van der Waals surface area contributed by atoms with E-state index in [1.165, 1.54) is 6.07 Å². The quantitative estimate of drug-likeness (QED) is 0.865. The van der Waals surface area contributed by atoms with Crippen molar-refractivity contribution in [3.05, 3.63) is 59.7 Å². The minimum absolute atomic E-state index is 0.00469. The highest BCUT2D eigenvalue weighted by Crippen LogP contribution is 2.27. The Bertz CT molecular complexity index is 564. The van der Waals surface area contributed by atoms with E-state index in [-0.39, 0.29) is 12.2 Å². The Morgan fingerprint density at radius 3 is 2.47 bits per heavy atom. The third-order valence-corrected chi connectivity index (χ3v) is 2.62. The molecule has 0 bridgehead atoms. The number of rotatable bonds is 5. The van der Waals surface area contributed by atoms with Crippen LogP contribution in [0.2, 0.25) is 0 Å². The second kappa shape index (κ2) is 5.91. The number of aliphatic carboxylic acids is 1. The molecule has 0 aromatic heterocycles. The van der Waals surface area contributed by atoms with Crippen LogP contribution in [0.1, 0.15) is 11.1 Å². The van der Waals surface area contributed by atoms with Crippen molar-refractivity contribution in [1.29, 1.82) is 0 Å². The first kappa shape index (κ1) is 13.0. The molecule has 4 nitrogen and oxygen atoms in total. The lowest BCUT2D eigenvalue weighted by Gasteiger charge is -2.09. The van der Waals surface area contributed by atoms with Crippen LogP contribution in [0.5, 0.6) is 11.5 Å². The molecule has 0 spiro atoms. The minimum Gasteiger partial charge on any atom is -0.504 e. The zero-order valence-corrected chi connectivity index (χ0v) is 10.2. The van der Waals surface area contributed by atoms with Crippen molar-refractivity contribution in [1.82, 2.24) is 0 Å². The first-order valence-corrected chi connectivity index (χ1v) is 5.85. The average molecular weight is 258 g/mol. The zero-order valence-electron chi connectivity index (χ0n) is 10.2. The smallest absolute Gasteiger partial charge is 0.307 e. The van der Waals surface area contributed by atoms with E-state index in [2.05, 4.69) is 0 Å². The standard InChI is InChI=1S/C15H14O4/c16-13-7-6-12(9-15(17)18)8-14(13)19-10-11-4-2-1-3-5-11/h1-8,16H,9-10H2,(H,17,18). The minimum atomic E-state index is -0.917. The van der Waals surface area contributed by atoms with Gasteiger partial charge in [0, 0.05) is 0 Å². The summed E-state index contributed by atoms with van der Waals surface area (Å²) in [5.41, 5.74) is 1.57. The number of benzene rings is 2. The largest absolute Gasteiger partial charge is 0.504 e. The fourth-order valence-corrected chi connectivity index (χ4v) is 1.69. The highest BCUT2D eigenvalue weighted by atomic mass is 16.5. The van der Waals surface area contributed by atoms with Crippen molar-refractivity contribution in [3.63, 3.8) is 0 Å². The SMILES string of the molecule is O=C(O)Cc1ccc(O)c(OCc2ccccc2)c1. The van der Waals surface area contributed by atoms with Gasteiger partial charge in [-0.2, -0.15) is 0 Å². The maximum absolute atomic E-state index is 10.6. The first-order valence-electron chi connectivity index (χ1n) is 5.85. The predicted molar refractivity (Wildman–Crippen MR) is 70.2 cm³/mol. The molecule has 2 aromatic rings. The number of carbonyl (C=O) groups is 1. The van der Waals surface area contributed by atoms with E-state index in [9.17, 15) is 9.90 Å². The summed E-state index contributed by atoms with van der Waals surface area (Å²) in [6, 6.07) is 14.1. The summed E-state index contributed by atoms with van der Waals surface area (Å²) in [4.78, 5) is 10.6. The average Bonchev–Trinajstić information content (AvgIpc) is 2.40. The van der Waals surface area contributed by atoms with Gasteiger partial charge in [-0.25, -0.2) is 0 Å². The Hall–Kier alpha value is -2.49. The van der Waals surface area contributed by atoms with Gasteiger partial charge in [0.25, 0.3) is 0 Å². The molecule has 0 aliphatic carbocycles. The molecule has 4 heteroatoms. The Morgan fingerprint density at radius 1 is 1.05 bits per heavy atom. The number of phenolic OH excluding ortho intramolecular Hbond substituents is 1. The van der Waals surface area contributed by atoms with E-state index in [1.807, 2.05) is 30.3 Å². The van der Waals surface area contributed by atoms with Crippen LogP contribution in [0, 0.1) is 0 Å². The van der Waals surface area contributed by atoms with Crippen LogP contribution in [0.15, 0.2) is 48.5 Å². The summed E-state index contributed by atoms with van der Waals surface area (Å²) in [7, 11) is 0. The number of carboxylic acids is 1. The fraction of sp³-hybridized carbons (Fsp3) is 0.133. The molecule has 0 saturated carbocycles. The lowest BCUT2D eigenvalue weighted by Crippen LogP contribution is -2.01. The van der Waals surface area contributed by atoms with Crippen LogP contribution < -0.4 is 4.74 Å². The number of carboxylic acid groups (broad SMARTS) is 1. The molecule has 2 N–H and O–H groups in total. The molecular weight excluding hydrogens is 244 g/mol. The molecule has 0 radical (unpaired) electrons. The summed E-state index contributed by atoms with van der Waals surface area (Å²) in [6.45, 7) is 0.324. The van der Waals surface area contributed by atoms with Gasteiger partial charge in [-0.05, 0) is 23.3 Å². The van der Waals surface area contributed by atoms with Gasteiger partial charge < -0.3 is 14.9 Å². The van der Waals surface area contributed by atoms with Crippen molar-refractivity contribution >= 4 is 5.97 Å². The van der Waals surface area contributed by atoms with Gasteiger partial charge in [-0.1, -0.05) is 36.4 Å². The molecule has 98 valence electrons. The van der Waals surface area contributed by atoms with Gasteiger partial charge in [-0.15, -0.1) is 0 Å². The number of phenols is 1. The summed E-state index contributed by atoms with van der Waals surface area (Å²) in [5.74, 6) is -0.618. The fourth-order valence-electron chi connectivity index (χ4n) is 1.69. The molecule has 19 heavy (non-hydrogen) atoms. The normalized spacial score (nSPS) is 10.1. The molecule has 0 saturated heterocycles. The molecule has 0 heterocycles. The molecule has 0 aliphatic rings. The Balaban J connectivity index is 2.08. The highest BCUT2D eigenvalue weighted by molar-refractivity contribution is 5.70. The topological polar surface area (TPSA) is 66.8 Å². The lowest BCUT2D eigenvalue weighted by atomic mass is 10.1. The number of ether oxygens (including phenoxy) is 1. The van der Waals surface area contributed by atoms with Gasteiger partial charge in [0.15, 0.2) is 11.5 Å². The molecule has 0 unspecified atom stereocenters. The van der Waals surface area contributed by atoms with E-state index in [4.69, 9.17) is 9.84 Å². The second-order valence-corrected chi connectivity index (χ2v) is 4.15. The summed E-state index contributed by atoms with van der Waals surface area (Å²) in [6.07, 6.45) is -0.0953. The van der Waals surface area contributed by atoms with Gasteiger partial charge in [0.2, 0.25) is 0 Å². The van der Waals surface area contributed by atoms with Crippen molar-refractivity contribution < 1.29 is 19.7 Å². The second-order valence-electron chi connectivity index (χ2n) is 4.15. The molecular formula is C15H14O4. The lowest BCUT2D eigenvalue weighted by molar-refractivity contribution is -0.136. The molecule has 2 aromatic carbocycles. The van der Waals surface area contributed by atoms with E-state index in [1.54, 1.807) is 12.1 Å². The van der Waals surface area contributed by atoms with Crippen LogP contribution in [-0.4, -0.2) is 16.2 Å². The van der Waals surface area contributed by atoms with Crippen LogP contribution in [-0.2, 0) is 17.8 Å². The number of hydrogen-bond donors (Lipinski definition) is 2. The molecule has 0 aliphatic heterocycles. The van der Waals surface area contributed by atoms with E-state index in [0.717, 1.165) is 5.56 Å².